The smallest absolute Gasteiger partial charge is 0.356 e. The molecule has 50 valence electrons. The molecule has 4 N–H and O–H groups in total. The number of carboxylic acids is 1. The van der Waals surface area contributed by atoms with Crippen molar-refractivity contribution in [3.8, 4) is 0 Å². The van der Waals surface area contributed by atoms with Gasteiger partial charge in [-0.25, -0.2) is 4.79 Å². The first-order chi connectivity index (χ1) is 2.94. The van der Waals surface area contributed by atoms with Crippen LogP contribution in [0.25, 0.3) is 0 Å². The van der Waals surface area contributed by atoms with Crippen molar-refractivity contribution < 1.29 is 9.90 Å². The van der Waals surface area contributed by atoms with Crippen molar-refractivity contribution in [1.82, 2.24) is 6.15 Å². The number of alkyl halides is 3. The summed E-state index contributed by atoms with van der Waals surface area (Å²) in [7, 11) is 0. The monoisotopic (exact) mass is 179 g/mol. The van der Waals surface area contributed by atoms with Crippen LogP contribution in [0.2, 0.25) is 0 Å². The van der Waals surface area contributed by atoms with Crippen molar-refractivity contribution in [2.75, 3.05) is 0 Å². The lowest BCUT2D eigenvalue weighted by molar-refractivity contribution is -0.135. The molecule has 0 spiro atoms. The average Bonchev–Trinajstić information content (AvgIpc) is 1.31. The van der Waals surface area contributed by atoms with Crippen LogP contribution in [0, 0.1) is 0 Å². The minimum atomic E-state index is -2.17. The molecule has 0 aliphatic rings. The van der Waals surface area contributed by atoms with Crippen molar-refractivity contribution in [3.63, 3.8) is 0 Å². The Labute approximate surface area is 61.1 Å². The van der Waals surface area contributed by atoms with Crippen molar-refractivity contribution in [1.29, 1.82) is 0 Å². The maximum atomic E-state index is 9.62. The van der Waals surface area contributed by atoms with Crippen LogP contribution >= 0.6 is 34.8 Å². The molecule has 0 saturated carbocycles. The Morgan fingerprint density at radius 2 is 1.50 bits per heavy atom. The van der Waals surface area contributed by atoms with E-state index in [-0.39, 0.29) is 6.15 Å². The molecule has 0 aliphatic carbocycles. The summed E-state index contributed by atoms with van der Waals surface area (Å²) in [5, 5.41) is 7.85. The molecule has 8 heavy (non-hydrogen) atoms. The van der Waals surface area contributed by atoms with Gasteiger partial charge in [0, 0.05) is 0 Å². The van der Waals surface area contributed by atoms with E-state index in [1.807, 2.05) is 0 Å². The largest absolute Gasteiger partial charge is 0.478 e. The van der Waals surface area contributed by atoms with Gasteiger partial charge in [-0.05, 0) is 0 Å². The lowest BCUT2D eigenvalue weighted by atomic mass is 10.8. The van der Waals surface area contributed by atoms with Crippen LogP contribution in [0.1, 0.15) is 0 Å². The summed E-state index contributed by atoms with van der Waals surface area (Å²) in [4.78, 5) is 9.62. The molecule has 0 aromatic heterocycles. The van der Waals surface area contributed by atoms with E-state index >= 15 is 0 Å². The maximum absolute atomic E-state index is 9.62. The summed E-state index contributed by atoms with van der Waals surface area (Å²) in [6, 6.07) is 0. The molecule has 0 saturated heterocycles. The number of carboxylic acid groups (broad SMARTS) is 1. The summed E-state index contributed by atoms with van der Waals surface area (Å²) < 4.78 is -2.17. The van der Waals surface area contributed by atoms with Crippen molar-refractivity contribution in [2.24, 2.45) is 0 Å². The van der Waals surface area contributed by atoms with Gasteiger partial charge in [0.1, 0.15) is 0 Å². The van der Waals surface area contributed by atoms with Gasteiger partial charge >= 0.3 is 5.97 Å². The van der Waals surface area contributed by atoms with Gasteiger partial charge < -0.3 is 11.3 Å². The van der Waals surface area contributed by atoms with Gasteiger partial charge in [-0.1, -0.05) is 34.8 Å². The molecule has 0 radical (unpaired) electrons. The fraction of sp³-hybridized carbons (Fsp3) is 0.500. The van der Waals surface area contributed by atoms with E-state index in [1.54, 1.807) is 0 Å². The van der Waals surface area contributed by atoms with E-state index in [2.05, 4.69) is 0 Å². The Morgan fingerprint density at radius 3 is 1.50 bits per heavy atom. The van der Waals surface area contributed by atoms with Crippen LogP contribution in [-0.4, -0.2) is 14.9 Å². The molecule has 0 aromatic rings. The predicted octanol–water partition coefficient (Wildman–Crippen LogP) is 1.60. The van der Waals surface area contributed by atoms with Crippen LogP contribution in [-0.2, 0) is 4.79 Å². The van der Waals surface area contributed by atoms with E-state index in [9.17, 15) is 4.79 Å². The fourth-order valence-corrected chi connectivity index (χ4v) is 0. The van der Waals surface area contributed by atoms with E-state index in [0.717, 1.165) is 0 Å². The van der Waals surface area contributed by atoms with Gasteiger partial charge in [-0.2, -0.15) is 0 Å². The van der Waals surface area contributed by atoms with Crippen LogP contribution in [0.4, 0.5) is 0 Å². The maximum Gasteiger partial charge on any atom is 0.356 e. The Kier molecular flexibility index (Phi) is 4.67. The number of aliphatic carboxylic acids is 1. The molecule has 0 aliphatic heterocycles. The zero-order chi connectivity index (χ0) is 6.08. The molecular formula is C2H4Cl3NO2. The van der Waals surface area contributed by atoms with Gasteiger partial charge in [-0.3, -0.25) is 0 Å². The highest BCUT2D eigenvalue weighted by molar-refractivity contribution is 6.75. The summed E-state index contributed by atoms with van der Waals surface area (Å²) in [6.45, 7) is 0. The Morgan fingerprint density at radius 1 is 1.38 bits per heavy atom. The number of hydrogen-bond acceptors (Lipinski definition) is 2. The van der Waals surface area contributed by atoms with Crippen LogP contribution in [0.15, 0.2) is 0 Å². The topological polar surface area (TPSA) is 72.3 Å². The normalized spacial score (nSPS) is 9.88. The summed E-state index contributed by atoms with van der Waals surface area (Å²) >= 11 is 14.4. The zero-order valence-electron chi connectivity index (χ0n) is 3.70. The molecule has 0 atom stereocenters. The number of carbonyl (C=O) groups is 1. The second-order valence-corrected chi connectivity index (χ2v) is 3.08. The van der Waals surface area contributed by atoms with Crippen LogP contribution in [0.3, 0.4) is 0 Å². The summed E-state index contributed by atoms with van der Waals surface area (Å²) in [5.74, 6) is -1.46. The fourth-order valence-electron chi connectivity index (χ4n) is 0. The predicted molar refractivity (Wildman–Crippen MR) is 32.9 cm³/mol. The molecule has 0 unspecified atom stereocenters. The Balaban J connectivity index is 0. The molecule has 0 rings (SSSR count). The second kappa shape index (κ2) is 3.35. The summed E-state index contributed by atoms with van der Waals surface area (Å²) in [6.07, 6.45) is 0. The molecule has 0 amide bonds. The van der Waals surface area contributed by atoms with Gasteiger partial charge in [0.15, 0.2) is 0 Å². The van der Waals surface area contributed by atoms with E-state index < -0.39 is 9.76 Å². The third-order valence-electron chi connectivity index (χ3n) is 0.243. The number of rotatable bonds is 0. The molecule has 0 aromatic carbocycles. The summed E-state index contributed by atoms with van der Waals surface area (Å²) in [5.41, 5.74) is 0. The lowest BCUT2D eigenvalue weighted by Crippen LogP contribution is -2.16. The number of hydrogen-bond donors (Lipinski definition) is 2. The van der Waals surface area contributed by atoms with Crippen LogP contribution in [0.5, 0.6) is 0 Å². The second-order valence-electron chi connectivity index (χ2n) is 0.803. The molecule has 0 heterocycles. The first-order valence-electron chi connectivity index (χ1n) is 1.24. The molecule has 6 heteroatoms. The van der Waals surface area contributed by atoms with E-state index in [4.69, 9.17) is 39.9 Å². The van der Waals surface area contributed by atoms with Gasteiger partial charge in [0.05, 0.1) is 0 Å². The van der Waals surface area contributed by atoms with Crippen molar-refractivity contribution in [2.45, 2.75) is 3.79 Å². The third kappa shape index (κ3) is 4.46. The van der Waals surface area contributed by atoms with E-state index in [1.165, 1.54) is 0 Å². The average molecular weight is 180 g/mol. The quantitative estimate of drug-likeness (QED) is 0.556. The van der Waals surface area contributed by atoms with Gasteiger partial charge in [-0.15, -0.1) is 0 Å². The molecule has 0 fully saturated rings. The molecule has 0 bridgehead atoms. The van der Waals surface area contributed by atoms with E-state index in [0.29, 0.717) is 0 Å². The molecule has 3 nitrogen and oxygen atoms in total. The van der Waals surface area contributed by atoms with Crippen molar-refractivity contribution in [3.05, 3.63) is 0 Å². The standard InChI is InChI=1S/C2HCl3O2.H3N/c3-2(4,5)1(6)7;/h(H,6,7);1H3. The third-order valence-corrected chi connectivity index (χ3v) is 0.728. The highest BCUT2D eigenvalue weighted by Gasteiger charge is 2.29. The molecular weight excluding hydrogens is 176 g/mol. The lowest BCUT2D eigenvalue weighted by Gasteiger charge is -1.99. The first kappa shape index (κ1) is 11.1. The zero-order valence-corrected chi connectivity index (χ0v) is 5.96. The minimum Gasteiger partial charge on any atom is -0.478 e. The van der Waals surface area contributed by atoms with Crippen molar-refractivity contribution >= 4 is 40.8 Å². The first-order valence-corrected chi connectivity index (χ1v) is 2.38. The Bertz CT molecular complexity index is 87.8. The minimum absolute atomic E-state index is 0. The Hall–Kier alpha value is 0.300. The van der Waals surface area contributed by atoms with Gasteiger partial charge in [0.2, 0.25) is 0 Å². The van der Waals surface area contributed by atoms with Gasteiger partial charge in [0.25, 0.3) is 3.79 Å². The SMILES string of the molecule is N.O=C(O)C(Cl)(Cl)Cl. The van der Waals surface area contributed by atoms with Crippen LogP contribution < -0.4 is 6.15 Å². The highest BCUT2D eigenvalue weighted by Crippen LogP contribution is 2.25. The number of halogens is 3. The highest BCUT2D eigenvalue weighted by atomic mass is 35.6.